The molecule has 1 amide bonds. The van der Waals surface area contributed by atoms with Gasteiger partial charge in [0.15, 0.2) is 17.2 Å². The third kappa shape index (κ3) is 4.81. The second kappa shape index (κ2) is 10.0. The van der Waals surface area contributed by atoms with Crippen LogP contribution < -0.4 is 31.4 Å². The van der Waals surface area contributed by atoms with Crippen LogP contribution in [0.15, 0.2) is 80.9 Å². The van der Waals surface area contributed by atoms with Crippen LogP contribution in [0.5, 0.6) is 11.5 Å². The maximum atomic E-state index is 13.7. The zero-order chi connectivity index (χ0) is 24.9. The largest absolute Gasteiger partial charge is 0.493 e. The number of hydrogen-bond donors (Lipinski definition) is 2. The predicted octanol–water partition coefficient (Wildman–Crippen LogP) is 2.62. The lowest BCUT2D eigenvalue weighted by atomic mass is 10.1. The van der Waals surface area contributed by atoms with Crippen LogP contribution in [-0.2, 0) is 13.1 Å². The number of aromatic amines is 1. The van der Waals surface area contributed by atoms with Crippen molar-refractivity contribution in [2.24, 2.45) is 0 Å². The van der Waals surface area contributed by atoms with Crippen LogP contribution in [0, 0.1) is 0 Å². The minimum Gasteiger partial charge on any atom is -0.493 e. The van der Waals surface area contributed by atoms with E-state index in [4.69, 9.17) is 19.6 Å². The minimum atomic E-state index is -0.794. The number of nitrogens with two attached hydrogens (primary N) is 1. The third-order valence-corrected chi connectivity index (χ3v) is 5.44. The summed E-state index contributed by atoms with van der Waals surface area (Å²) in [6.45, 7) is 0.00538. The van der Waals surface area contributed by atoms with Crippen LogP contribution >= 0.6 is 0 Å². The van der Waals surface area contributed by atoms with E-state index in [2.05, 4.69) is 4.98 Å². The molecule has 2 aromatic heterocycles. The van der Waals surface area contributed by atoms with Gasteiger partial charge in [-0.3, -0.25) is 24.0 Å². The number of H-pyrrole nitrogens is 1. The number of benzene rings is 2. The monoisotopic (exact) mass is 476 g/mol. The number of rotatable bonds is 8. The molecule has 0 unspecified atom stereocenters. The number of hydrogen-bond acceptors (Lipinski definition) is 7. The van der Waals surface area contributed by atoms with E-state index in [1.54, 1.807) is 24.3 Å². The average Bonchev–Trinajstić information content (AvgIpc) is 3.39. The standard InChI is InChI=1S/C25H24N4O6/c1-33-19-11-10-17(13-20(19)34-2)24(31)28(15-18-9-6-12-35-18)21-22(26)29(25(32)27-23(21)30)14-16-7-4-3-5-8-16/h3-13H,14-15,26H2,1-2H3,(H,27,30,32). The van der Waals surface area contributed by atoms with E-state index in [0.29, 0.717) is 17.3 Å². The van der Waals surface area contributed by atoms with Crippen molar-refractivity contribution in [3.63, 3.8) is 0 Å². The molecule has 0 aliphatic heterocycles. The summed E-state index contributed by atoms with van der Waals surface area (Å²) in [5.74, 6) is 0.494. The number of carbonyl (C=O) groups excluding carboxylic acids is 1. The summed E-state index contributed by atoms with van der Waals surface area (Å²) in [5, 5.41) is 0. The van der Waals surface area contributed by atoms with Gasteiger partial charge in [0.1, 0.15) is 11.6 Å². The zero-order valence-corrected chi connectivity index (χ0v) is 19.2. The SMILES string of the molecule is COc1ccc(C(=O)N(Cc2ccco2)c2c(N)n(Cc3ccccc3)c(=O)[nH]c2=O)cc1OC. The Labute approximate surface area is 200 Å². The quantitative estimate of drug-likeness (QED) is 0.399. The molecule has 0 spiro atoms. The summed E-state index contributed by atoms with van der Waals surface area (Å²) in [6, 6.07) is 17.1. The topological polar surface area (TPSA) is 133 Å². The van der Waals surface area contributed by atoms with Gasteiger partial charge in [0.05, 0.1) is 33.6 Å². The summed E-state index contributed by atoms with van der Waals surface area (Å²) in [6.07, 6.45) is 1.46. The van der Waals surface area contributed by atoms with Gasteiger partial charge >= 0.3 is 5.69 Å². The van der Waals surface area contributed by atoms with E-state index in [-0.39, 0.29) is 30.2 Å². The van der Waals surface area contributed by atoms with Crippen LogP contribution in [0.4, 0.5) is 11.5 Å². The first-order valence-electron chi connectivity index (χ1n) is 10.7. The Bertz CT molecular complexity index is 1440. The van der Waals surface area contributed by atoms with Gasteiger partial charge < -0.3 is 19.6 Å². The summed E-state index contributed by atoms with van der Waals surface area (Å²) in [5.41, 5.74) is 5.72. The van der Waals surface area contributed by atoms with Crippen molar-refractivity contribution in [2.75, 3.05) is 24.9 Å². The van der Waals surface area contributed by atoms with Gasteiger partial charge in [0, 0.05) is 5.56 Å². The lowest BCUT2D eigenvalue weighted by Crippen LogP contribution is -2.41. The van der Waals surface area contributed by atoms with E-state index in [9.17, 15) is 14.4 Å². The molecule has 0 bridgehead atoms. The molecule has 0 fully saturated rings. The van der Waals surface area contributed by atoms with E-state index in [1.165, 1.54) is 36.0 Å². The average molecular weight is 476 g/mol. The molecule has 180 valence electrons. The van der Waals surface area contributed by atoms with Crippen molar-refractivity contribution in [2.45, 2.75) is 13.1 Å². The summed E-state index contributed by atoms with van der Waals surface area (Å²) < 4.78 is 17.2. The molecule has 0 radical (unpaired) electrons. The Morgan fingerprint density at radius 3 is 2.43 bits per heavy atom. The number of nitrogens with one attached hydrogen (secondary N) is 1. The molecule has 0 saturated carbocycles. The highest BCUT2D eigenvalue weighted by molar-refractivity contribution is 6.07. The summed E-state index contributed by atoms with van der Waals surface area (Å²) in [7, 11) is 2.94. The first kappa shape index (κ1) is 23.4. The zero-order valence-electron chi connectivity index (χ0n) is 19.2. The molecule has 0 saturated heterocycles. The fraction of sp³-hybridized carbons (Fsp3) is 0.160. The van der Waals surface area contributed by atoms with Gasteiger partial charge in [-0.15, -0.1) is 0 Å². The molecule has 0 aliphatic carbocycles. The predicted molar refractivity (Wildman–Crippen MR) is 130 cm³/mol. The van der Waals surface area contributed by atoms with Crippen LogP contribution in [-0.4, -0.2) is 29.7 Å². The van der Waals surface area contributed by atoms with Crippen LogP contribution in [0.2, 0.25) is 0 Å². The molecule has 10 nitrogen and oxygen atoms in total. The van der Waals surface area contributed by atoms with Gasteiger partial charge in [0.25, 0.3) is 11.5 Å². The van der Waals surface area contributed by atoms with Gasteiger partial charge in [0.2, 0.25) is 0 Å². The second-order valence-electron chi connectivity index (χ2n) is 7.61. The fourth-order valence-electron chi connectivity index (χ4n) is 3.70. The minimum absolute atomic E-state index is 0.100. The molecule has 4 aromatic rings. The number of nitrogens with zero attached hydrogens (tertiary/aromatic N) is 2. The van der Waals surface area contributed by atoms with Crippen molar-refractivity contribution in [3.05, 3.63) is 105 Å². The molecule has 0 atom stereocenters. The van der Waals surface area contributed by atoms with Crippen LogP contribution in [0.1, 0.15) is 21.7 Å². The smallest absolute Gasteiger partial charge is 0.330 e. The van der Waals surface area contributed by atoms with E-state index in [1.807, 2.05) is 30.3 Å². The maximum Gasteiger partial charge on any atom is 0.330 e. The number of amides is 1. The van der Waals surface area contributed by atoms with E-state index in [0.717, 1.165) is 5.56 Å². The molecule has 35 heavy (non-hydrogen) atoms. The van der Waals surface area contributed by atoms with Crippen molar-refractivity contribution >= 4 is 17.4 Å². The number of ether oxygens (including phenoxy) is 2. The van der Waals surface area contributed by atoms with Crippen molar-refractivity contribution in [1.82, 2.24) is 9.55 Å². The lowest BCUT2D eigenvalue weighted by Gasteiger charge is -2.24. The molecule has 0 aliphatic rings. The highest BCUT2D eigenvalue weighted by atomic mass is 16.5. The third-order valence-electron chi connectivity index (χ3n) is 5.44. The van der Waals surface area contributed by atoms with Gasteiger partial charge in [-0.1, -0.05) is 30.3 Å². The molecule has 2 aromatic carbocycles. The second-order valence-corrected chi connectivity index (χ2v) is 7.61. The van der Waals surface area contributed by atoms with E-state index < -0.39 is 17.2 Å². The number of nitrogen functional groups attached to an aromatic ring is 1. The number of anilines is 2. The van der Waals surface area contributed by atoms with Crippen molar-refractivity contribution in [1.29, 1.82) is 0 Å². The molecule has 10 heteroatoms. The number of carbonyl (C=O) groups is 1. The highest BCUT2D eigenvalue weighted by Crippen LogP contribution is 2.30. The first-order chi connectivity index (χ1) is 16.9. The molecule has 3 N–H and O–H groups in total. The van der Waals surface area contributed by atoms with E-state index >= 15 is 0 Å². The molecule has 4 rings (SSSR count). The Kier molecular flexibility index (Phi) is 6.72. The number of furan rings is 1. The normalized spacial score (nSPS) is 10.7. The van der Waals surface area contributed by atoms with Crippen molar-refractivity contribution < 1.29 is 18.7 Å². The number of methoxy groups -OCH3 is 2. The Morgan fingerprint density at radius 2 is 1.77 bits per heavy atom. The van der Waals surface area contributed by atoms with Crippen LogP contribution in [0.25, 0.3) is 0 Å². The molecular formula is C25H24N4O6. The summed E-state index contributed by atoms with van der Waals surface area (Å²) >= 11 is 0. The van der Waals surface area contributed by atoms with Gasteiger partial charge in [-0.05, 0) is 35.9 Å². The Morgan fingerprint density at radius 1 is 1.03 bits per heavy atom. The summed E-state index contributed by atoms with van der Waals surface area (Å²) in [4.78, 5) is 42.7. The van der Waals surface area contributed by atoms with Crippen molar-refractivity contribution in [3.8, 4) is 11.5 Å². The Hall–Kier alpha value is -4.73. The van der Waals surface area contributed by atoms with Crippen LogP contribution in [0.3, 0.4) is 0 Å². The number of aromatic nitrogens is 2. The molecule has 2 heterocycles. The van der Waals surface area contributed by atoms with Gasteiger partial charge in [-0.2, -0.15) is 0 Å². The first-order valence-corrected chi connectivity index (χ1v) is 10.7. The highest BCUT2D eigenvalue weighted by Gasteiger charge is 2.27. The maximum absolute atomic E-state index is 13.7. The Balaban J connectivity index is 1.84. The van der Waals surface area contributed by atoms with Gasteiger partial charge in [-0.25, -0.2) is 4.79 Å². The lowest BCUT2D eigenvalue weighted by molar-refractivity contribution is 0.0982. The fourth-order valence-corrected chi connectivity index (χ4v) is 3.70. The molecular weight excluding hydrogens is 452 g/mol.